The van der Waals surface area contributed by atoms with Crippen LogP contribution < -0.4 is 0 Å². The number of carboxylic acid groups (broad SMARTS) is 1. The zero-order chi connectivity index (χ0) is 13.3. The average molecular weight is 309 g/mol. The lowest BCUT2D eigenvalue weighted by molar-refractivity contribution is 0.0687. The molecule has 0 saturated carbocycles. The smallest absolute Gasteiger partial charge is 0.357 e. The van der Waals surface area contributed by atoms with Gasteiger partial charge in [-0.1, -0.05) is 15.9 Å². The molecule has 1 aromatic carbocycles. The quantitative estimate of drug-likeness (QED) is 0.884. The summed E-state index contributed by atoms with van der Waals surface area (Å²) < 4.78 is 2.33. The molecule has 1 aromatic heterocycles. The van der Waals surface area contributed by atoms with E-state index in [1.807, 2.05) is 19.1 Å². The third kappa shape index (κ3) is 2.19. The van der Waals surface area contributed by atoms with Gasteiger partial charge in [0.25, 0.3) is 0 Å². The minimum absolute atomic E-state index is 0.0584. The minimum Gasteiger partial charge on any atom is -0.476 e. The lowest BCUT2D eigenvalue weighted by Crippen LogP contribution is -2.02. The molecule has 0 radical (unpaired) electrons. The van der Waals surface area contributed by atoms with E-state index in [1.165, 1.54) is 10.9 Å². The van der Waals surface area contributed by atoms with Crippen molar-refractivity contribution in [2.24, 2.45) is 0 Å². The van der Waals surface area contributed by atoms with E-state index >= 15 is 0 Å². The molecule has 1 heterocycles. The van der Waals surface area contributed by atoms with E-state index in [0.717, 1.165) is 10.0 Å². The maximum absolute atomic E-state index is 10.9. The fourth-order valence-corrected chi connectivity index (χ4v) is 1.79. The van der Waals surface area contributed by atoms with Crippen LogP contribution in [-0.2, 0) is 0 Å². The molecule has 92 valence electrons. The van der Waals surface area contributed by atoms with E-state index in [1.54, 1.807) is 6.07 Å². The summed E-state index contributed by atoms with van der Waals surface area (Å²) in [4.78, 5) is 21.7. The molecule has 0 saturated heterocycles. The number of aldehydes is 1. The van der Waals surface area contributed by atoms with Gasteiger partial charge >= 0.3 is 5.97 Å². The highest BCUT2D eigenvalue weighted by molar-refractivity contribution is 9.10. The summed E-state index contributed by atoms with van der Waals surface area (Å²) >= 11 is 3.38. The van der Waals surface area contributed by atoms with Crippen molar-refractivity contribution in [3.8, 4) is 5.69 Å². The van der Waals surface area contributed by atoms with Crippen LogP contribution in [0.5, 0.6) is 0 Å². The molecule has 0 fully saturated rings. The zero-order valence-corrected chi connectivity index (χ0v) is 11.0. The molecule has 18 heavy (non-hydrogen) atoms. The second-order valence-corrected chi connectivity index (χ2v) is 4.59. The second-order valence-electron chi connectivity index (χ2n) is 3.73. The van der Waals surface area contributed by atoms with E-state index in [2.05, 4.69) is 21.0 Å². The highest BCUT2D eigenvalue weighted by Gasteiger charge is 2.15. The first-order chi connectivity index (χ1) is 8.52. The second kappa shape index (κ2) is 4.73. The fraction of sp³-hybridized carbons (Fsp3) is 0.0833. The van der Waals surface area contributed by atoms with Gasteiger partial charge in [0.05, 0.1) is 11.3 Å². The zero-order valence-electron chi connectivity index (χ0n) is 9.42. The molecule has 6 heteroatoms. The number of aromatic nitrogens is 2. The molecule has 0 unspecified atom stereocenters. The predicted octanol–water partition coefficient (Wildman–Crippen LogP) is 2.45. The number of carboxylic acids is 1. The van der Waals surface area contributed by atoms with E-state index in [9.17, 15) is 9.59 Å². The summed E-state index contributed by atoms with van der Waals surface area (Å²) in [5, 5.41) is 12.8. The minimum atomic E-state index is -1.22. The third-order valence-corrected chi connectivity index (χ3v) is 3.37. The van der Waals surface area contributed by atoms with Crippen molar-refractivity contribution in [1.29, 1.82) is 0 Å². The summed E-state index contributed by atoms with van der Waals surface area (Å²) in [5.74, 6) is -1.22. The Morgan fingerprint density at radius 2 is 2.22 bits per heavy atom. The van der Waals surface area contributed by atoms with Crippen molar-refractivity contribution >= 4 is 28.2 Å². The Balaban J connectivity index is 2.54. The number of carbonyl (C=O) groups excluding carboxylic acids is 1. The van der Waals surface area contributed by atoms with Crippen molar-refractivity contribution in [2.45, 2.75) is 6.92 Å². The summed E-state index contributed by atoms with van der Waals surface area (Å²) in [7, 11) is 0. The highest BCUT2D eigenvalue weighted by Crippen LogP contribution is 2.20. The van der Waals surface area contributed by atoms with Crippen LogP contribution in [-0.4, -0.2) is 27.1 Å². The van der Waals surface area contributed by atoms with Gasteiger partial charge in [-0.2, -0.15) is 5.10 Å². The predicted molar refractivity (Wildman–Crippen MR) is 68.3 cm³/mol. The number of hydrogen-bond acceptors (Lipinski definition) is 3. The van der Waals surface area contributed by atoms with Gasteiger partial charge in [-0.15, -0.1) is 0 Å². The molecule has 5 nitrogen and oxygen atoms in total. The summed E-state index contributed by atoms with van der Waals surface area (Å²) in [6.45, 7) is 1.91. The van der Waals surface area contributed by atoms with Crippen molar-refractivity contribution in [3.05, 3.63) is 45.7 Å². The highest BCUT2D eigenvalue weighted by atomic mass is 79.9. The summed E-state index contributed by atoms with van der Waals surface area (Å²) in [6, 6.07) is 5.47. The number of carbonyl (C=O) groups is 2. The first-order valence-corrected chi connectivity index (χ1v) is 5.87. The number of rotatable bonds is 3. The number of aromatic carboxylic acids is 1. The average Bonchev–Trinajstić information content (AvgIpc) is 2.77. The van der Waals surface area contributed by atoms with Crippen molar-refractivity contribution in [2.75, 3.05) is 0 Å². The molecule has 2 aromatic rings. The van der Waals surface area contributed by atoms with Crippen molar-refractivity contribution in [1.82, 2.24) is 9.78 Å². The Morgan fingerprint density at radius 3 is 2.72 bits per heavy atom. The molecule has 2 rings (SSSR count). The van der Waals surface area contributed by atoms with E-state index in [-0.39, 0.29) is 11.3 Å². The Kier molecular flexibility index (Phi) is 3.29. The van der Waals surface area contributed by atoms with Crippen molar-refractivity contribution in [3.63, 3.8) is 0 Å². The fourth-order valence-electron chi connectivity index (χ4n) is 1.54. The molecule has 0 atom stereocenters. The maximum atomic E-state index is 10.9. The van der Waals surface area contributed by atoms with Crippen LogP contribution in [0.4, 0.5) is 0 Å². The van der Waals surface area contributed by atoms with Crippen LogP contribution in [0.2, 0.25) is 0 Å². The number of nitrogens with zero attached hydrogens (tertiary/aromatic N) is 2. The van der Waals surface area contributed by atoms with E-state index in [0.29, 0.717) is 12.0 Å². The van der Waals surface area contributed by atoms with Gasteiger partial charge in [0.1, 0.15) is 0 Å². The van der Waals surface area contributed by atoms with Gasteiger partial charge in [0, 0.05) is 10.7 Å². The number of hydrogen-bond donors (Lipinski definition) is 1. The van der Waals surface area contributed by atoms with Gasteiger partial charge in [0.15, 0.2) is 12.0 Å². The van der Waals surface area contributed by atoms with Crippen LogP contribution >= 0.6 is 15.9 Å². The molecule has 0 aliphatic carbocycles. The number of benzene rings is 1. The molecule has 0 aliphatic rings. The topological polar surface area (TPSA) is 72.2 Å². The number of halogens is 1. The molecular weight excluding hydrogens is 300 g/mol. The Labute approximate surface area is 111 Å². The molecule has 0 amide bonds. The molecular formula is C12H9BrN2O3. The van der Waals surface area contributed by atoms with Crippen LogP contribution in [0, 0.1) is 6.92 Å². The SMILES string of the molecule is Cc1cc(-n2cc(C=O)c(C(=O)O)n2)ccc1Br. The van der Waals surface area contributed by atoms with Crippen LogP contribution in [0.15, 0.2) is 28.9 Å². The van der Waals surface area contributed by atoms with Gasteiger partial charge in [-0.05, 0) is 30.7 Å². The largest absolute Gasteiger partial charge is 0.476 e. The van der Waals surface area contributed by atoms with Crippen molar-refractivity contribution < 1.29 is 14.7 Å². The first kappa shape index (κ1) is 12.5. The lowest BCUT2D eigenvalue weighted by Gasteiger charge is -2.03. The van der Waals surface area contributed by atoms with Crippen LogP contribution in [0.3, 0.4) is 0 Å². The van der Waals surface area contributed by atoms with E-state index in [4.69, 9.17) is 5.11 Å². The molecule has 0 spiro atoms. The van der Waals surface area contributed by atoms with E-state index < -0.39 is 5.97 Å². The standard InChI is InChI=1S/C12H9BrN2O3/c1-7-4-9(2-3-10(7)13)15-5-8(6-16)11(14-15)12(17)18/h2-6H,1H3,(H,17,18). The van der Waals surface area contributed by atoms with Gasteiger partial charge in [-0.3, -0.25) is 4.79 Å². The molecule has 0 bridgehead atoms. The van der Waals surface area contributed by atoms with Crippen LogP contribution in [0.1, 0.15) is 26.4 Å². The van der Waals surface area contributed by atoms with Gasteiger partial charge in [0.2, 0.25) is 0 Å². The maximum Gasteiger partial charge on any atom is 0.357 e. The molecule has 0 aliphatic heterocycles. The summed E-state index contributed by atoms with van der Waals surface area (Å²) in [5.41, 5.74) is 1.51. The van der Waals surface area contributed by atoms with Gasteiger partial charge < -0.3 is 5.11 Å². The molecule has 1 N–H and O–H groups in total. The first-order valence-electron chi connectivity index (χ1n) is 5.07. The lowest BCUT2D eigenvalue weighted by atomic mass is 10.2. The Bertz CT molecular complexity index is 634. The number of aryl methyl sites for hydroxylation is 1. The normalized spacial score (nSPS) is 10.3. The Morgan fingerprint density at radius 1 is 1.50 bits per heavy atom. The van der Waals surface area contributed by atoms with Crippen LogP contribution in [0.25, 0.3) is 5.69 Å². The Hall–Kier alpha value is -1.95. The van der Waals surface area contributed by atoms with Gasteiger partial charge in [-0.25, -0.2) is 9.48 Å². The third-order valence-electron chi connectivity index (χ3n) is 2.48. The monoisotopic (exact) mass is 308 g/mol. The summed E-state index contributed by atoms with van der Waals surface area (Å²) in [6.07, 6.45) is 1.89.